The first-order valence-corrected chi connectivity index (χ1v) is 4.41. The molecule has 0 saturated heterocycles. The van der Waals surface area contributed by atoms with Gasteiger partial charge in [0.2, 0.25) is 5.95 Å². The topological polar surface area (TPSA) is 93.8 Å². The van der Waals surface area contributed by atoms with E-state index in [-0.39, 0.29) is 5.69 Å². The predicted octanol–water partition coefficient (Wildman–Crippen LogP) is 1.52. The van der Waals surface area contributed by atoms with Gasteiger partial charge in [-0.1, -0.05) is 0 Å². The van der Waals surface area contributed by atoms with Gasteiger partial charge in [0, 0.05) is 17.8 Å². The zero-order valence-corrected chi connectivity index (χ0v) is 8.07. The van der Waals surface area contributed by atoms with E-state index in [0.29, 0.717) is 11.6 Å². The van der Waals surface area contributed by atoms with Crippen LogP contribution >= 0.6 is 0 Å². The van der Waals surface area contributed by atoms with Gasteiger partial charge >= 0.3 is 0 Å². The lowest BCUT2D eigenvalue weighted by Crippen LogP contribution is -1.97. The van der Waals surface area contributed by atoms with Gasteiger partial charge in [0.1, 0.15) is 0 Å². The minimum Gasteiger partial charge on any atom is -0.323 e. The van der Waals surface area contributed by atoms with Gasteiger partial charge < -0.3 is 5.32 Å². The van der Waals surface area contributed by atoms with E-state index in [1.165, 1.54) is 24.5 Å². The molecule has 1 heterocycles. The van der Waals surface area contributed by atoms with Crippen molar-refractivity contribution in [2.24, 2.45) is 0 Å². The van der Waals surface area contributed by atoms with Crippen molar-refractivity contribution >= 4 is 17.3 Å². The van der Waals surface area contributed by atoms with Gasteiger partial charge in [-0.3, -0.25) is 10.1 Å². The summed E-state index contributed by atoms with van der Waals surface area (Å²) in [7, 11) is 0. The van der Waals surface area contributed by atoms with Crippen LogP contribution in [-0.4, -0.2) is 20.1 Å². The number of nitrogens with one attached hydrogen (secondary N) is 1. The van der Waals surface area contributed by atoms with Crippen LogP contribution in [0.25, 0.3) is 0 Å². The quantitative estimate of drug-likeness (QED) is 0.618. The highest BCUT2D eigenvalue weighted by Gasteiger charge is 2.04. The molecule has 0 atom stereocenters. The molecular formula is C9H7N5O2. The van der Waals surface area contributed by atoms with Crippen LogP contribution < -0.4 is 5.32 Å². The molecule has 2 rings (SSSR count). The second-order valence-corrected chi connectivity index (χ2v) is 2.90. The molecule has 1 aromatic carbocycles. The molecule has 0 spiro atoms. The molecule has 16 heavy (non-hydrogen) atoms. The third-order valence-corrected chi connectivity index (χ3v) is 1.82. The Morgan fingerprint density at radius 3 is 2.50 bits per heavy atom. The first kappa shape index (κ1) is 9.97. The van der Waals surface area contributed by atoms with Crippen molar-refractivity contribution in [2.45, 2.75) is 0 Å². The third-order valence-electron chi connectivity index (χ3n) is 1.82. The van der Waals surface area contributed by atoms with Crippen LogP contribution in [0.2, 0.25) is 0 Å². The highest BCUT2D eigenvalue weighted by Crippen LogP contribution is 2.17. The molecule has 0 saturated carbocycles. The maximum absolute atomic E-state index is 10.4. The van der Waals surface area contributed by atoms with E-state index in [4.69, 9.17) is 0 Å². The van der Waals surface area contributed by atoms with Crippen LogP contribution in [0, 0.1) is 10.1 Å². The molecule has 0 aliphatic carbocycles. The Hall–Kier alpha value is -2.57. The lowest BCUT2D eigenvalue weighted by atomic mass is 10.3. The molecule has 7 nitrogen and oxygen atoms in total. The average Bonchev–Trinajstić information content (AvgIpc) is 2.31. The molecule has 80 valence electrons. The number of nitro groups is 1. The molecule has 2 aromatic rings. The monoisotopic (exact) mass is 217 g/mol. The van der Waals surface area contributed by atoms with Crippen LogP contribution in [-0.2, 0) is 0 Å². The first-order chi connectivity index (χ1) is 7.75. The van der Waals surface area contributed by atoms with Gasteiger partial charge in [-0.25, -0.2) is 4.98 Å². The molecule has 0 aliphatic rings. The molecule has 7 heteroatoms. The molecule has 0 radical (unpaired) electrons. The number of nitrogens with zero attached hydrogens (tertiary/aromatic N) is 4. The zero-order chi connectivity index (χ0) is 11.4. The van der Waals surface area contributed by atoms with Crippen LogP contribution in [0.3, 0.4) is 0 Å². The van der Waals surface area contributed by atoms with Crippen molar-refractivity contribution in [3.05, 3.63) is 46.8 Å². The summed E-state index contributed by atoms with van der Waals surface area (Å²) in [5.41, 5.74) is 0.705. The fraction of sp³-hybridized carbons (Fsp3) is 0. The lowest BCUT2D eigenvalue weighted by Gasteiger charge is -2.02. The Morgan fingerprint density at radius 1 is 1.19 bits per heavy atom. The number of anilines is 2. The van der Waals surface area contributed by atoms with Crippen LogP contribution in [0.15, 0.2) is 36.7 Å². The van der Waals surface area contributed by atoms with Crippen LogP contribution in [0.4, 0.5) is 17.3 Å². The zero-order valence-electron chi connectivity index (χ0n) is 8.07. The molecule has 0 aliphatic heterocycles. The standard InChI is InChI=1S/C9H7N5O2/c15-14(16)8-3-1-7(2-4-8)12-9-10-5-6-11-13-9/h1-6H,(H,10,12,13). The fourth-order valence-corrected chi connectivity index (χ4v) is 1.10. The summed E-state index contributed by atoms with van der Waals surface area (Å²) < 4.78 is 0. The second kappa shape index (κ2) is 4.30. The fourth-order valence-electron chi connectivity index (χ4n) is 1.10. The Morgan fingerprint density at radius 2 is 1.94 bits per heavy atom. The van der Waals surface area contributed by atoms with Crippen molar-refractivity contribution in [1.29, 1.82) is 0 Å². The highest BCUT2D eigenvalue weighted by atomic mass is 16.6. The number of nitro benzene ring substituents is 1. The smallest absolute Gasteiger partial charge is 0.269 e. The largest absolute Gasteiger partial charge is 0.323 e. The summed E-state index contributed by atoms with van der Waals surface area (Å²) in [6.07, 6.45) is 2.96. The summed E-state index contributed by atoms with van der Waals surface area (Å²) in [6.45, 7) is 0. The second-order valence-electron chi connectivity index (χ2n) is 2.90. The molecule has 0 bridgehead atoms. The first-order valence-electron chi connectivity index (χ1n) is 4.41. The van der Waals surface area contributed by atoms with Gasteiger partial charge in [0.25, 0.3) is 5.69 Å². The molecule has 0 unspecified atom stereocenters. The van der Waals surface area contributed by atoms with Gasteiger partial charge in [0.15, 0.2) is 0 Å². The summed E-state index contributed by atoms with van der Waals surface area (Å²) in [6, 6.07) is 5.96. The van der Waals surface area contributed by atoms with Gasteiger partial charge in [0.05, 0.1) is 17.3 Å². The molecule has 1 aromatic heterocycles. The number of benzene rings is 1. The number of rotatable bonds is 3. The summed E-state index contributed by atoms with van der Waals surface area (Å²) >= 11 is 0. The van der Waals surface area contributed by atoms with E-state index in [2.05, 4.69) is 20.5 Å². The minimum atomic E-state index is -0.454. The third kappa shape index (κ3) is 2.27. The number of hydrogen-bond acceptors (Lipinski definition) is 6. The summed E-state index contributed by atoms with van der Waals surface area (Å²) in [4.78, 5) is 13.9. The maximum Gasteiger partial charge on any atom is 0.269 e. The Balaban J connectivity index is 2.14. The Labute approximate surface area is 90.3 Å². The minimum absolute atomic E-state index is 0.0395. The number of non-ortho nitro benzene ring substituents is 1. The molecule has 0 amide bonds. The van der Waals surface area contributed by atoms with E-state index in [1.54, 1.807) is 12.1 Å². The number of aromatic nitrogens is 3. The van der Waals surface area contributed by atoms with E-state index in [0.717, 1.165) is 0 Å². The van der Waals surface area contributed by atoms with E-state index in [9.17, 15) is 10.1 Å². The lowest BCUT2D eigenvalue weighted by molar-refractivity contribution is -0.384. The van der Waals surface area contributed by atoms with Crippen molar-refractivity contribution in [3.63, 3.8) is 0 Å². The van der Waals surface area contributed by atoms with Gasteiger partial charge in [-0.15, -0.1) is 5.10 Å². The van der Waals surface area contributed by atoms with Crippen LogP contribution in [0.1, 0.15) is 0 Å². The van der Waals surface area contributed by atoms with Crippen molar-refractivity contribution in [2.75, 3.05) is 5.32 Å². The SMILES string of the molecule is O=[N+]([O-])c1ccc(Nc2nccnn2)cc1. The maximum atomic E-state index is 10.4. The molecule has 1 N–H and O–H groups in total. The van der Waals surface area contributed by atoms with E-state index >= 15 is 0 Å². The predicted molar refractivity (Wildman–Crippen MR) is 56.2 cm³/mol. The molecular weight excluding hydrogens is 210 g/mol. The van der Waals surface area contributed by atoms with Crippen molar-refractivity contribution in [3.8, 4) is 0 Å². The Kier molecular flexibility index (Phi) is 2.68. The van der Waals surface area contributed by atoms with Crippen LogP contribution in [0.5, 0.6) is 0 Å². The van der Waals surface area contributed by atoms with Gasteiger partial charge in [-0.2, -0.15) is 5.10 Å². The van der Waals surface area contributed by atoms with E-state index in [1.807, 2.05) is 0 Å². The molecule has 0 fully saturated rings. The van der Waals surface area contributed by atoms with Crippen molar-refractivity contribution < 1.29 is 4.92 Å². The average molecular weight is 217 g/mol. The van der Waals surface area contributed by atoms with E-state index < -0.39 is 4.92 Å². The Bertz CT molecular complexity index is 485. The summed E-state index contributed by atoms with van der Waals surface area (Å²) in [5, 5.41) is 20.7. The number of hydrogen-bond donors (Lipinski definition) is 1. The van der Waals surface area contributed by atoms with Gasteiger partial charge in [-0.05, 0) is 12.1 Å². The highest BCUT2D eigenvalue weighted by molar-refractivity contribution is 5.55. The normalized spacial score (nSPS) is 9.75. The summed E-state index contributed by atoms with van der Waals surface area (Å²) in [5.74, 6) is 0.344. The van der Waals surface area contributed by atoms with Crippen molar-refractivity contribution in [1.82, 2.24) is 15.2 Å².